The Morgan fingerprint density at radius 2 is 1.90 bits per heavy atom. The topological polar surface area (TPSA) is 104 Å². The first-order valence-corrected chi connectivity index (χ1v) is 9.76. The van der Waals surface area contributed by atoms with Crippen molar-refractivity contribution >= 4 is 28.6 Å². The molecular formula is C20H22F2N4O4. The van der Waals surface area contributed by atoms with Crippen molar-refractivity contribution in [3.8, 4) is 0 Å². The van der Waals surface area contributed by atoms with Crippen LogP contribution in [-0.4, -0.2) is 51.7 Å². The maximum Gasteiger partial charge on any atom is 0.343 e. The fraction of sp³-hybridized carbons (Fsp3) is 0.450. The molecule has 1 aromatic heterocycles. The molecule has 30 heavy (non-hydrogen) atoms. The molecule has 8 nitrogen and oxygen atoms in total. The van der Waals surface area contributed by atoms with Crippen LogP contribution in [0.4, 0.5) is 14.6 Å². The highest BCUT2D eigenvalue weighted by Crippen LogP contribution is 2.41. The van der Waals surface area contributed by atoms with Crippen molar-refractivity contribution in [2.75, 3.05) is 18.4 Å². The van der Waals surface area contributed by atoms with Crippen LogP contribution in [0.3, 0.4) is 0 Å². The largest absolute Gasteiger partial charge is 0.477 e. The number of rotatable bonds is 4. The van der Waals surface area contributed by atoms with Gasteiger partial charge < -0.3 is 19.9 Å². The number of anilines is 1. The number of carboxylic acid groups (broad SMARTS) is 1. The summed E-state index contributed by atoms with van der Waals surface area (Å²) in [6.45, 7) is 4.07. The molecule has 1 saturated heterocycles. The Hall–Kier alpha value is -3.01. The molecule has 3 N–H and O–H groups in total. The Bertz CT molecular complexity index is 1110. The number of aromatic nitrogens is 1. The normalized spacial score (nSPS) is 21.7. The molecule has 1 amide bonds. The standard InChI is InChI=1S/C20H22F2N4O4/c1-9-7-23-16(8-25(9)10(2)27)24-19-17(20(29)30)18(28)12-5-13(21)14(22)6-15(12)26(19)11-3-4-11/h5-6,9,11,16,23-24H,3-4,7-8H2,1-2H3,(H,29,30). The number of carbonyl (C=O) groups excluding carboxylic acids is 1. The van der Waals surface area contributed by atoms with Crippen molar-refractivity contribution in [1.29, 1.82) is 0 Å². The first-order chi connectivity index (χ1) is 14.2. The van der Waals surface area contributed by atoms with Gasteiger partial charge in [0.2, 0.25) is 11.3 Å². The van der Waals surface area contributed by atoms with Gasteiger partial charge in [0.15, 0.2) is 11.6 Å². The van der Waals surface area contributed by atoms with E-state index in [0.29, 0.717) is 6.54 Å². The number of pyridine rings is 1. The summed E-state index contributed by atoms with van der Waals surface area (Å²) in [7, 11) is 0. The third-order valence-electron chi connectivity index (χ3n) is 5.66. The fourth-order valence-corrected chi connectivity index (χ4v) is 4.02. The molecule has 2 unspecified atom stereocenters. The molecule has 2 fully saturated rings. The molecule has 1 aromatic carbocycles. The molecule has 2 heterocycles. The van der Waals surface area contributed by atoms with Gasteiger partial charge in [-0.1, -0.05) is 0 Å². The number of aromatic carboxylic acids is 1. The van der Waals surface area contributed by atoms with Crippen LogP contribution in [0.25, 0.3) is 10.9 Å². The Labute approximate surface area is 170 Å². The van der Waals surface area contributed by atoms with Gasteiger partial charge in [-0.05, 0) is 25.8 Å². The molecule has 2 atom stereocenters. The van der Waals surface area contributed by atoms with E-state index in [-0.39, 0.29) is 41.3 Å². The van der Waals surface area contributed by atoms with Gasteiger partial charge in [-0.25, -0.2) is 13.6 Å². The van der Waals surface area contributed by atoms with E-state index >= 15 is 0 Å². The van der Waals surface area contributed by atoms with E-state index in [4.69, 9.17) is 0 Å². The number of piperazine rings is 1. The lowest BCUT2D eigenvalue weighted by molar-refractivity contribution is -0.132. The summed E-state index contributed by atoms with van der Waals surface area (Å²) in [5.74, 6) is -3.87. The fourth-order valence-electron chi connectivity index (χ4n) is 4.02. The quantitative estimate of drug-likeness (QED) is 0.698. The number of halogens is 2. The molecule has 0 bridgehead atoms. The minimum atomic E-state index is -1.46. The molecular weight excluding hydrogens is 398 g/mol. The van der Waals surface area contributed by atoms with E-state index in [1.165, 1.54) is 6.92 Å². The van der Waals surface area contributed by atoms with Gasteiger partial charge in [0, 0.05) is 37.0 Å². The summed E-state index contributed by atoms with van der Waals surface area (Å²) in [5.41, 5.74) is -1.28. The van der Waals surface area contributed by atoms with Crippen LogP contribution in [0.1, 0.15) is 43.1 Å². The smallest absolute Gasteiger partial charge is 0.343 e. The number of fused-ring (bicyclic) bond motifs is 1. The lowest BCUT2D eigenvalue weighted by Gasteiger charge is -2.39. The van der Waals surface area contributed by atoms with E-state index in [0.717, 1.165) is 25.0 Å². The van der Waals surface area contributed by atoms with Gasteiger partial charge in [-0.15, -0.1) is 0 Å². The number of carbonyl (C=O) groups is 2. The van der Waals surface area contributed by atoms with Crippen LogP contribution in [0.2, 0.25) is 0 Å². The lowest BCUT2D eigenvalue weighted by atomic mass is 10.1. The number of carboxylic acids is 1. The number of amides is 1. The third-order valence-corrected chi connectivity index (χ3v) is 5.66. The summed E-state index contributed by atoms with van der Waals surface area (Å²) in [5, 5.41) is 15.8. The van der Waals surface area contributed by atoms with Gasteiger partial charge in [0.25, 0.3) is 0 Å². The first kappa shape index (κ1) is 20.3. The summed E-state index contributed by atoms with van der Waals surface area (Å²) in [4.78, 5) is 38.5. The Morgan fingerprint density at radius 1 is 1.23 bits per heavy atom. The molecule has 1 aliphatic heterocycles. The molecule has 10 heteroatoms. The highest BCUT2D eigenvalue weighted by molar-refractivity contribution is 5.98. The average Bonchev–Trinajstić information content (AvgIpc) is 3.49. The summed E-state index contributed by atoms with van der Waals surface area (Å²) < 4.78 is 29.4. The summed E-state index contributed by atoms with van der Waals surface area (Å²) >= 11 is 0. The van der Waals surface area contributed by atoms with Crippen molar-refractivity contribution in [2.24, 2.45) is 0 Å². The summed E-state index contributed by atoms with van der Waals surface area (Å²) in [6, 6.07) is 1.50. The van der Waals surface area contributed by atoms with Crippen molar-refractivity contribution in [3.63, 3.8) is 0 Å². The molecule has 0 radical (unpaired) electrons. The zero-order valence-corrected chi connectivity index (χ0v) is 16.5. The maximum absolute atomic E-state index is 14.0. The highest BCUT2D eigenvalue weighted by atomic mass is 19.2. The molecule has 160 valence electrons. The second-order valence-corrected chi connectivity index (χ2v) is 7.87. The lowest BCUT2D eigenvalue weighted by Crippen LogP contribution is -2.59. The van der Waals surface area contributed by atoms with Crippen LogP contribution in [0, 0.1) is 11.6 Å². The monoisotopic (exact) mass is 420 g/mol. The van der Waals surface area contributed by atoms with Crippen molar-refractivity contribution in [3.05, 3.63) is 39.6 Å². The number of nitrogens with zero attached hydrogens (tertiary/aromatic N) is 2. The van der Waals surface area contributed by atoms with Crippen LogP contribution in [-0.2, 0) is 4.79 Å². The van der Waals surface area contributed by atoms with Gasteiger partial charge in [0.1, 0.15) is 11.4 Å². The minimum Gasteiger partial charge on any atom is -0.477 e. The van der Waals surface area contributed by atoms with Crippen molar-refractivity contribution in [2.45, 2.75) is 44.9 Å². The van der Waals surface area contributed by atoms with Crippen molar-refractivity contribution < 1.29 is 23.5 Å². The SMILES string of the molecule is CC(=O)N1CC(Nc2c(C(=O)O)c(=O)c3cc(F)c(F)cc3n2C2CC2)NCC1C. The second kappa shape index (κ2) is 7.35. The Morgan fingerprint density at radius 3 is 2.50 bits per heavy atom. The number of nitrogens with one attached hydrogen (secondary N) is 2. The molecule has 1 saturated carbocycles. The van der Waals surface area contributed by atoms with Crippen LogP contribution in [0.15, 0.2) is 16.9 Å². The van der Waals surface area contributed by atoms with Crippen LogP contribution in [0.5, 0.6) is 0 Å². The first-order valence-electron chi connectivity index (χ1n) is 9.76. The number of benzene rings is 1. The molecule has 4 rings (SSSR count). The molecule has 1 aliphatic carbocycles. The van der Waals surface area contributed by atoms with Gasteiger partial charge in [-0.2, -0.15) is 0 Å². The average molecular weight is 420 g/mol. The summed E-state index contributed by atoms with van der Waals surface area (Å²) in [6.07, 6.45) is 0.925. The van der Waals surface area contributed by atoms with Crippen LogP contribution >= 0.6 is 0 Å². The third kappa shape index (κ3) is 3.41. The predicted octanol–water partition coefficient (Wildman–Crippen LogP) is 1.89. The number of hydrogen-bond donors (Lipinski definition) is 3. The van der Waals surface area contributed by atoms with Crippen molar-refractivity contribution in [1.82, 2.24) is 14.8 Å². The second-order valence-electron chi connectivity index (χ2n) is 7.87. The number of hydrogen-bond acceptors (Lipinski definition) is 5. The maximum atomic E-state index is 14.0. The van der Waals surface area contributed by atoms with Gasteiger partial charge >= 0.3 is 5.97 Å². The van der Waals surface area contributed by atoms with Gasteiger partial charge in [0.05, 0.1) is 18.2 Å². The Kier molecular flexibility index (Phi) is 4.97. The Balaban J connectivity index is 1.88. The minimum absolute atomic E-state index is 0.0315. The van der Waals surface area contributed by atoms with Gasteiger partial charge in [-0.3, -0.25) is 14.9 Å². The van der Waals surface area contributed by atoms with E-state index in [1.54, 1.807) is 9.47 Å². The predicted molar refractivity (Wildman–Crippen MR) is 106 cm³/mol. The molecule has 2 aromatic rings. The molecule has 2 aliphatic rings. The molecule has 0 spiro atoms. The zero-order valence-electron chi connectivity index (χ0n) is 16.5. The van der Waals surface area contributed by atoms with E-state index < -0.39 is 34.8 Å². The van der Waals surface area contributed by atoms with E-state index in [1.807, 2.05) is 6.92 Å². The van der Waals surface area contributed by atoms with Crippen LogP contribution < -0.4 is 16.1 Å². The van der Waals surface area contributed by atoms with E-state index in [9.17, 15) is 28.3 Å². The zero-order chi connectivity index (χ0) is 21.7. The highest BCUT2D eigenvalue weighted by Gasteiger charge is 2.34. The van der Waals surface area contributed by atoms with E-state index in [2.05, 4.69) is 10.6 Å².